The summed E-state index contributed by atoms with van der Waals surface area (Å²) in [6.07, 6.45) is 0. The molecule has 1 heterocycles. The lowest BCUT2D eigenvalue weighted by atomic mass is 10.1. The highest BCUT2D eigenvalue weighted by Gasteiger charge is 2.13. The molecule has 0 radical (unpaired) electrons. The van der Waals surface area contributed by atoms with Crippen molar-refractivity contribution in [3.63, 3.8) is 0 Å². The van der Waals surface area contributed by atoms with E-state index in [4.69, 9.17) is 4.74 Å². The largest absolute Gasteiger partial charge is 0.497 e. The molecule has 1 aromatic heterocycles. The third kappa shape index (κ3) is 3.32. The molecule has 0 aliphatic carbocycles. The van der Waals surface area contributed by atoms with Crippen LogP contribution < -0.4 is 10.1 Å². The van der Waals surface area contributed by atoms with E-state index in [0.29, 0.717) is 11.1 Å². The molecule has 140 valence electrons. The SMILES string of the molecule is COc1ccc(-n2nc3cc(C)c(NC(=O)c4ccccc4C)cc3n2)cc1. The highest BCUT2D eigenvalue weighted by Crippen LogP contribution is 2.23. The van der Waals surface area contributed by atoms with Crippen LogP contribution in [-0.2, 0) is 0 Å². The van der Waals surface area contributed by atoms with Crippen LogP contribution in [0.2, 0.25) is 0 Å². The molecule has 3 aromatic carbocycles. The summed E-state index contributed by atoms with van der Waals surface area (Å²) in [5, 5.41) is 12.1. The number of hydrogen-bond donors (Lipinski definition) is 1. The molecule has 0 aliphatic rings. The summed E-state index contributed by atoms with van der Waals surface area (Å²) < 4.78 is 5.19. The number of aryl methyl sites for hydroxylation is 2. The van der Waals surface area contributed by atoms with Crippen LogP contribution in [0.3, 0.4) is 0 Å². The third-order valence-electron chi connectivity index (χ3n) is 4.67. The zero-order valence-corrected chi connectivity index (χ0v) is 15.9. The van der Waals surface area contributed by atoms with E-state index in [9.17, 15) is 4.79 Å². The Morgan fingerprint density at radius 1 is 0.929 bits per heavy atom. The molecule has 6 heteroatoms. The van der Waals surface area contributed by atoms with Crippen LogP contribution in [0.25, 0.3) is 16.7 Å². The lowest BCUT2D eigenvalue weighted by molar-refractivity contribution is 0.102. The molecule has 0 bridgehead atoms. The maximum Gasteiger partial charge on any atom is 0.255 e. The van der Waals surface area contributed by atoms with E-state index in [0.717, 1.165) is 33.8 Å². The fourth-order valence-corrected chi connectivity index (χ4v) is 3.05. The van der Waals surface area contributed by atoms with Gasteiger partial charge >= 0.3 is 0 Å². The number of carbonyl (C=O) groups excluding carboxylic acids is 1. The molecule has 0 spiro atoms. The van der Waals surface area contributed by atoms with Crippen LogP contribution in [0.5, 0.6) is 5.75 Å². The lowest BCUT2D eigenvalue weighted by Gasteiger charge is -2.09. The Kier molecular flexibility index (Phi) is 4.53. The second kappa shape index (κ2) is 7.15. The van der Waals surface area contributed by atoms with Crippen molar-refractivity contribution >= 4 is 22.6 Å². The maximum absolute atomic E-state index is 12.6. The minimum atomic E-state index is -0.136. The molecule has 0 saturated heterocycles. The Labute approximate surface area is 162 Å². The predicted octanol–water partition coefficient (Wildman–Crippen LogP) is 4.30. The van der Waals surface area contributed by atoms with Gasteiger partial charge in [-0.05, 0) is 67.4 Å². The van der Waals surface area contributed by atoms with Gasteiger partial charge in [-0.15, -0.1) is 10.2 Å². The van der Waals surface area contributed by atoms with Gasteiger partial charge < -0.3 is 10.1 Å². The van der Waals surface area contributed by atoms with E-state index in [1.165, 1.54) is 0 Å². The van der Waals surface area contributed by atoms with Crippen molar-refractivity contribution < 1.29 is 9.53 Å². The van der Waals surface area contributed by atoms with Gasteiger partial charge in [-0.25, -0.2) is 0 Å². The van der Waals surface area contributed by atoms with Gasteiger partial charge in [0.2, 0.25) is 0 Å². The zero-order chi connectivity index (χ0) is 19.7. The monoisotopic (exact) mass is 372 g/mol. The van der Waals surface area contributed by atoms with Crippen molar-refractivity contribution in [2.45, 2.75) is 13.8 Å². The smallest absolute Gasteiger partial charge is 0.255 e. The number of benzene rings is 3. The van der Waals surface area contributed by atoms with Gasteiger partial charge in [0.25, 0.3) is 5.91 Å². The standard InChI is InChI=1S/C22H20N4O2/c1-14-6-4-5-7-18(14)22(27)23-19-13-21-20(12-15(19)2)24-26(25-21)16-8-10-17(28-3)11-9-16/h4-13H,1-3H3,(H,23,27). The second-order valence-corrected chi connectivity index (χ2v) is 6.61. The molecule has 0 unspecified atom stereocenters. The topological polar surface area (TPSA) is 69.0 Å². The highest BCUT2D eigenvalue weighted by molar-refractivity contribution is 6.06. The number of amides is 1. The molecule has 0 atom stereocenters. The molecule has 0 aliphatic heterocycles. The number of fused-ring (bicyclic) bond motifs is 1. The van der Waals surface area contributed by atoms with Crippen molar-refractivity contribution in [3.05, 3.63) is 77.4 Å². The molecule has 0 fully saturated rings. The van der Waals surface area contributed by atoms with E-state index < -0.39 is 0 Å². The van der Waals surface area contributed by atoms with Crippen LogP contribution in [0, 0.1) is 13.8 Å². The van der Waals surface area contributed by atoms with Crippen molar-refractivity contribution in [3.8, 4) is 11.4 Å². The minimum absolute atomic E-state index is 0.136. The van der Waals surface area contributed by atoms with Crippen LogP contribution in [-0.4, -0.2) is 28.0 Å². The van der Waals surface area contributed by atoms with E-state index in [2.05, 4.69) is 15.5 Å². The van der Waals surface area contributed by atoms with E-state index in [1.54, 1.807) is 11.9 Å². The number of nitrogens with zero attached hydrogens (tertiary/aromatic N) is 3. The number of ether oxygens (including phenoxy) is 1. The Morgan fingerprint density at radius 3 is 2.29 bits per heavy atom. The second-order valence-electron chi connectivity index (χ2n) is 6.61. The molecule has 1 amide bonds. The van der Waals surface area contributed by atoms with Crippen LogP contribution in [0.15, 0.2) is 60.7 Å². The minimum Gasteiger partial charge on any atom is -0.497 e. The fraction of sp³-hybridized carbons (Fsp3) is 0.136. The van der Waals surface area contributed by atoms with E-state index in [-0.39, 0.29) is 5.91 Å². The fourth-order valence-electron chi connectivity index (χ4n) is 3.05. The summed E-state index contributed by atoms with van der Waals surface area (Å²) in [6, 6.07) is 18.8. The van der Waals surface area contributed by atoms with Crippen molar-refractivity contribution in [1.29, 1.82) is 0 Å². The maximum atomic E-state index is 12.6. The molecule has 0 saturated carbocycles. The average molecular weight is 372 g/mol. The normalized spacial score (nSPS) is 10.8. The molecular formula is C22H20N4O2. The van der Waals surface area contributed by atoms with Crippen molar-refractivity contribution in [1.82, 2.24) is 15.0 Å². The Bertz CT molecular complexity index is 1160. The first-order valence-electron chi connectivity index (χ1n) is 8.94. The number of aromatic nitrogens is 3. The quantitative estimate of drug-likeness (QED) is 0.580. The number of anilines is 1. The van der Waals surface area contributed by atoms with Gasteiger partial charge in [0, 0.05) is 11.3 Å². The first-order valence-corrected chi connectivity index (χ1v) is 8.94. The van der Waals surface area contributed by atoms with Crippen LogP contribution >= 0.6 is 0 Å². The van der Waals surface area contributed by atoms with Crippen LogP contribution in [0.4, 0.5) is 5.69 Å². The van der Waals surface area contributed by atoms with Crippen molar-refractivity contribution in [2.24, 2.45) is 0 Å². The number of hydrogen-bond acceptors (Lipinski definition) is 4. The van der Waals surface area contributed by atoms with Gasteiger partial charge in [0.1, 0.15) is 16.8 Å². The molecule has 4 rings (SSSR count). The van der Waals surface area contributed by atoms with E-state index >= 15 is 0 Å². The van der Waals surface area contributed by atoms with Gasteiger partial charge in [-0.3, -0.25) is 4.79 Å². The average Bonchev–Trinajstić information content (AvgIpc) is 3.11. The number of rotatable bonds is 4. The molecule has 1 N–H and O–H groups in total. The summed E-state index contributed by atoms with van der Waals surface area (Å²) in [6.45, 7) is 3.87. The van der Waals surface area contributed by atoms with E-state index in [1.807, 2.05) is 74.5 Å². The molecule has 28 heavy (non-hydrogen) atoms. The summed E-state index contributed by atoms with van der Waals surface area (Å²) in [7, 11) is 1.63. The predicted molar refractivity (Wildman–Crippen MR) is 109 cm³/mol. The van der Waals surface area contributed by atoms with Gasteiger partial charge in [-0.1, -0.05) is 18.2 Å². The lowest BCUT2D eigenvalue weighted by Crippen LogP contribution is -2.14. The summed E-state index contributed by atoms with van der Waals surface area (Å²) in [5.41, 5.74) is 5.55. The first kappa shape index (κ1) is 17.7. The Morgan fingerprint density at radius 2 is 1.61 bits per heavy atom. The van der Waals surface area contributed by atoms with Crippen LogP contribution in [0.1, 0.15) is 21.5 Å². The van der Waals surface area contributed by atoms with Gasteiger partial charge in [0.05, 0.1) is 12.8 Å². The highest BCUT2D eigenvalue weighted by atomic mass is 16.5. The third-order valence-corrected chi connectivity index (χ3v) is 4.67. The summed E-state index contributed by atoms with van der Waals surface area (Å²) in [4.78, 5) is 14.2. The number of carbonyl (C=O) groups is 1. The first-order chi connectivity index (χ1) is 13.5. The summed E-state index contributed by atoms with van der Waals surface area (Å²) >= 11 is 0. The molecular weight excluding hydrogens is 352 g/mol. The number of methoxy groups -OCH3 is 1. The van der Waals surface area contributed by atoms with Gasteiger partial charge in [-0.2, -0.15) is 4.80 Å². The van der Waals surface area contributed by atoms with Gasteiger partial charge in [0.15, 0.2) is 0 Å². The number of nitrogens with one attached hydrogen (secondary N) is 1. The Balaban J connectivity index is 1.66. The summed E-state index contributed by atoms with van der Waals surface area (Å²) in [5.74, 6) is 0.639. The molecule has 6 nitrogen and oxygen atoms in total. The Hall–Kier alpha value is -3.67. The van der Waals surface area contributed by atoms with Crippen molar-refractivity contribution in [2.75, 3.05) is 12.4 Å². The molecule has 4 aromatic rings. The zero-order valence-electron chi connectivity index (χ0n) is 15.9.